The molecular formula is C27H22N2O5S. The summed E-state index contributed by atoms with van der Waals surface area (Å²) in [7, 11) is 3.07. The smallest absolute Gasteiger partial charge is 0.274 e. The lowest BCUT2D eigenvalue weighted by Gasteiger charge is -2.17. The molecule has 1 aromatic heterocycles. The second kappa shape index (κ2) is 10.2. The van der Waals surface area contributed by atoms with Crippen molar-refractivity contribution < 1.29 is 19.4 Å². The third-order valence-corrected chi connectivity index (χ3v) is 5.73. The molecule has 3 aromatic carbocycles. The van der Waals surface area contributed by atoms with Gasteiger partial charge in [0.2, 0.25) is 5.88 Å². The Labute approximate surface area is 206 Å². The van der Waals surface area contributed by atoms with Crippen molar-refractivity contribution in [2.75, 3.05) is 14.2 Å². The van der Waals surface area contributed by atoms with Gasteiger partial charge in [0.25, 0.3) is 5.56 Å². The Bertz CT molecular complexity index is 1500. The highest BCUT2D eigenvalue weighted by atomic mass is 32.1. The minimum Gasteiger partial charge on any atom is -0.497 e. The van der Waals surface area contributed by atoms with E-state index in [4.69, 9.17) is 21.7 Å². The van der Waals surface area contributed by atoms with E-state index in [1.165, 1.54) is 29.4 Å². The van der Waals surface area contributed by atoms with E-state index in [1.807, 2.05) is 30.3 Å². The number of aromatic nitrogens is 2. The number of carbonyl (C=O) groups is 1. The Hall–Kier alpha value is -4.43. The molecule has 0 unspecified atom stereocenters. The summed E-state index contributed by atoms with van der Waals surface area (Å²) in [6, 6.07) is 22.6. The van der Waals surface area contributed by atoms with Gasteiger partial charge in [0.15, 0.2) is 10.6 Å². The van der Waals surface area contributed by atoms with Crippen molar-refractivity contribution in [2.45, 2.75) is 0 Å². The van der Waals surface area contributed by atoms with Crippen LogP contribution in [0.4, 0.5) is 0 Å². The molecule has 1 N–H and O–H groups in total. The number of hydrogen-bond donors (Lipinski definition) is 1. The average Bonchev–Trinajstić information content (AvgIpc) is 2.89. The van der Waals surface area contributed by atoms with Gasteiger partial charge in [-0.3, -0.25) is 18.7 Å². The summed E-state index contributed by atoms with van der Waals surface area (Å²) in [4.78, 5) is 26.7. The summed E-state index contributed by atoms with van der Waals surface area (Å²) in [5.41, 5.74) is 0.516. The van der Waals surface area contributed by atoms with E-state index in [1.54, 1.807) is 54.6 Å². The van der Waals surface area contributed by atoms with Crippen molar-refractivity contribution in [3.05, 3.63) is 111 Å². The number of ether oxygens (including phenoxy) is 2. The lowest BCUT2D eigenvalue weighted by atomic mass is 10.1. The first-order valence-electron chi connectivity index (χ1n) is 10.6. The molecule has 8 heteroatoms. The van der Waals surface area contributed by atoms with Crippen LogP contribution in [0.3, 0.4) is 0 Å². The Kier molecular flexibility index (Phi) is 6.93. The zero-order valence-corrected chi connectivity index (χ0v) is 19.9. The quantitative estimate of drug-likeness (QED) is 0.225. The summed E-state index contributed by atoms with van der Waals surface area (Å²) in [5, 5.41) is 11.1. The van der Waals surface area contributed by atoms with Crippen LogP contribution in [-0.2, 0) is 0 Å². The molecule has 0 saturated carbocycles. The average molecular weight is 487 g/mol. The second-order valence-corrected chi connectivity index (χ2v) is 7.83. The van der Waals surface area contributed by atoms with Crippen LogP contribution in [0.1, 0.15) is 15.9 Å². The number of nitrogens with zero attached hydrogens (tertiary/aromatic N) is 2. The van der Waals surface area contributed by atoms with Gasteiger partial charge >= 0.3 is 0 Å². The zero-order valence-electron chi connectivity index (χ0n) is 19.0. The zero-order chi connectivity index (χ0) is 24.9. The molecule has 0 radical (unpaired) electrons. The van der Waals surface area contributed by atoms with Crippen LogP contribution in [0.5, 0.6) is 17.4 Å². The molecule has 7 nitrogen and oxygen atoms in total. The Morgan fingerprint density at radius 3 is 1.86 bits per heavy atom. The Morgan fingerprint density at radius 1 is 0.829 bits per heavy atom. The van der Waals surface area contributed by atoms with Gasteiger partial charge < -0.3 is 14.6 Å². The van der Waals surface area contributed by atoms with Crippen molar-refractivity contribution in [1.29, 1.82) is 0 Å². The first-order chi connectivity index (χ1) is 16.9. The first kappa shape index (κ1) is 23.7. The maximum Gasteiger partial charge on any atom is 0.274 e. The highest BCUT2D eigenvalue weighted by molar-refractivity contribution is 7.71. The predicted molar refractivity (Wildman–Crippen MR) is 137 cm³/mol. The van der Waals surface area contributed by atoms with Crippen molar-refractivity contribution in [1.82, 2.24) is 9.13 Å². The molecule has 176 valence electrons. The Balaban J connectivity index is 1.95. The van der Waals surface area contributed by atoms with Gasteiger partial charge in [-0.1, -0.05) is 36.4 Å². The Morgan fingerprint density at radius 2 is 1.34 bits per heavy atom. The molecule has 0 spiro atoms. The van der Waals surface area contributed by atoms with E-state index < -0.39 is 22.8 Å². The number of ketones is 1. The van der Waals surface area contributed by atoms with Crippen molar-refractivity contribution in [3.8, 4) is 28.8 Å². The highest BCUT2D eigenvalue weighted by Crippen LogP contribution is 2.25. The molecule has 0 bridgehead atoms. The third-order valence-electron chi connectivity index (χ3n) is 5.37. The van der Waals surface area contributed by atoms with Gasteiger partial charge in [0, 0.05) is 0 Å². The van der Waals surface area contributed by atoms with Crippen LogP contribution >= 0.6 is 12.2 Å². The van der Waals surface area contributed by atoms with E-state index in [2.05, 4.69) is 0 Å². The van der Waals surface area contributed by atoms with Crippen molar-refractivity contribution in [3.63, 3.8) is 0 Å². The van der Waals surface area contributed by atoms with Crippen LogP contribution < -0.4 is 15.0 Å². The molecule has 0 amide bonds. The molecule has 0 fully saturated rings. The van der Waals surface area contributed by atoms with E-state index >= 15 is 0 Å². The van der Waals surface area contributed by atoms with Gasteiger partial charge in [-0.2, -0.15) is 0 Å². The maximum absolute atomic E-state index is 13.5. The van der Waals surface area contributed by atoms with Crippen LogP contribution in [0.15, 0.2) is 89.7 Å². The minimum absolute atomic E-state index is 0.00794. The van der Waals surface area contributed by atoms with Crippen LogP contribution in [0, 0.1) is 4.77 Å². The molecule has 0 aliphatic heterocycles. The summed E-state index contributed by atoms with van der Waals surface area (Å²) in [5.74, 6) is -0.00420. The first-order valence-corrected chi connectivity index (χ1v) is 11.0. The number of carbonyl (C=O) groups excluding carboxylic acids is 1. The van der Waals surface area contributed by atoms with E-state index in [-0.39, 0.29) is 4.77 Å². The lowest BCUT2D eigenvalue weighted by molar-refractivity contribution is 0.104. The molecule has 4 aromatic rings. The predicted octanol–water partition coefficient (Wildman–Crippen LogP) is 4.98. The monoisotopic (exact) mass is 486 g/mol. The fourth-order valence-electron chi connectivity index (χ4n) is 3.55. The standard InChI is InChI=1S/C27H22N2O5S/c1-33-21-13-9-19(10-14-21)28-25(31)24(23(30)17-8-18-6-4-3-5-7-18)26(32)29(27(28)35)20-11-15-22(34-2)16-12-20/h3-17,31H,1-2H3/b17-8+. The molecule has 0 aliphatic carbocycles. The maximum atomic E-state index is 13.5. The van der Waals surface area contributed by atoms with Crippen LogP contribution in [0.2, 0.25) is 0 Å². The molecular weight excluding hydrogens is 464 g/mol. The number of rotatable bonds is 7. The molecule has 0 aliphatic rings. The number of benzene rings is 3. The summed E-state index contributed by atoms with van der Waals surface area (Å²) >= 11 is 5.61. The van der Waals surface area contributed by atoms with Gasteiger partial charge in [-0.25, -0.2) is 0 Å². The van der Waals surface area contributed by atoms with Crippen molar-refractivity contribution in [2.24, 2.45) is 0 Å². The second-order valence-electron chi connectivity index (χ2n) is 7.46. The highest BCUT2D eigenvalue weighted by Gasteiger charge is 2.23. The third kappa shape index (κ3) is 4.78. The lowest BCUT2D eigenvalue weighted by Crippen LogP contribution is -2.29. The van der Waals surface area contributed by atoms with Gasteiger partial charge in [0.05, 0.1) is 25.6 Å². The van der Waals surface area contributed by atoms with Gasteiger partial charge in [-0.05, 0) is 72.4 Å². The molecule has 1 heterocycles. The SMILES string of the molecule is COc1ccc(-n2c(O)c(C(=O)/C=C/c3ccccc3)c(=O)n(-c3ccc(OC)cc3)c2=S)cc1. The van der Waals surface area contributed by atoms with Crippen molar-refractivity contribution >= 4 is 24.1 Å². The molecule has 4 rings (SSSR count). The summed E-state index contributed by atoms with van der Waals surface area (Å²) < 4.78 is 12.9. The largest absolute Gasteiger partial charge is 0.497 e. The topological polar surface area (TPSA) is 82.7 Å². The van der Waals surface area contributed by atoms with E-state index in [0.29, 0.717) is 22.9 Å². The molecule has 0 atom stereocenters. The number of hydrogen-bond acceptors (Lipinski definition) is 6. The number of aromatic hydroxyl groups is 1. The molecule has 35 heavy (non-hydrogen) atoms. The van der Waals surface area contributed by atoms with E-state index in [0.717, 1.165) is 5.56 Å². The van der Waals surface area contributed by atoms with Gasteiger partial charge in [0.1, 0.15) is 17.1 Å². The summed E-state index contributed by atoms with van der Waals surface area (Å²) in [6.07, 6.45) is 2.84. The van der Waals surface area contributed by atoms with E-state index in [9.17, 15) is 14.7 Å². The minimum atomic E-state index is -0.731. The number of allylic oxidation sites excluding steroid dienone is 1. The number of methoxy groups -OCH3 is 2. The van der Waals surface area contributed by atoms with Crippen LogP contribution in [0.25, 0.3) is 17.5 Å². The fraction of sp³-hybridized carbons (Fsp3) is 0.0741. The van der Waals surface area contributed by atoms with Crippen LogP contribution in [-0.4, -0.2) is 34.2 Å². The summed E-state index contributed by atoms with van der Waals surface area (Å²) in [6.45, 7) is 0. The molecule has 0 saturated heterocycles. The normalized spacial score (nSPS) is 10.9. The van der Waals surface area contributed by atoms with Gasteiger partial charge in [-0.15, -0.1) is 0 Å². The fourth-order valence-corrected chi connectivity index (χ4v) is 3.93.